The van der Waals surface area contributed by atoms with Crippen molar-refractivity contribution in [1.82, 2.24) is 30.1 Å². The quantitative estimate of drug-likeness (QED) is 0.268. The monoisotopic (exact) mass is 571 g/mol. The number of fused-ring (bicyclic) bond motifs is 1. The number of nitrogens with zero attached hydrogens (tertiary/aromatic N) is 5. The Kier molecular flexibility index (Phi) is 7.93. The van der Waals surface area contributed by atoms with E-state index in [4.69, 9.17) is 20.6 Å². The Hall–Kier alpha value is -5.56. The summed E-state index contributed by atoms with van der Waals surface area (Å²) in [6, 6.07) is 22.5. The van der Waals surface area contributed by atoms with Crippen molar-refractivity contribution in [2.24, 2.45) is 5.73 Å². The minimum atomic E-state index is -5.08. The molecule has 5 N–H and O–H groups in total. The van der Waals surface area contributed by atoms with Gasteiger partial charge in [-0.3, -0.25) is 10.1 Å². The van der Waals surface area contributed by atoms with Crippen LogP contribution in [0.3, 0.4) is 0 Å². The fraction of sp³-hybridized carbons (Fsp3) is 0.0690. The van der Waals surface area contributed by atoms with Crippen molar-refractivity contribution >= 4 is 16.9 Å². The first-order chi connectivity index (χ1) is 20.2. The molecular weight excluding hydrogens is 549 g/mol. The first-order valence-electron chi connectivity index (χ1n) is 12.4. The van der Waals surface area contributed by atoms with Crippen molar-refractivity contribution in [1.29, 1.82) is 0 Å². The molecule has 0 fully saturated rings. The number of carboxylic acid groups (broad SMARTS) is 1. The fourth-order valence-electron chi connectivity index (χ4n) is 4.07. The first-order valence-corrected chi connectivity index (χ1v) is 12.4. The van der Waals surface area contributed by atoms with Crippen LogP contribution < -0.4 is 10.7 Å². The molecule has 6 aromatic rings. The number of aromatic amines is 2. The van der Waals surface area contributed by atoms with Gasteiger partial charge >= 0.3 is 12.1 Å². The molecule has 0 radical (unpaired) electrons. The van der Waals surface area contributed by atoms with Gasteiger partial charge < -0.3 is 10.8 Å². The molecule has 0 unspecified atom stereocenters. The molecule has 2 aromatic carbocycles. The molecule has 0 amide bonds. The molecule has 0 bridgehead atoms. The van der Waals surface area contributed by atoms with Gasteiger partial charge in [0.15, 0.2) is 23.9 Å². The van der Waals surface area contributed by atoms with Gasteiger partial charge in [-0.15, -0.1) is 0 Å². The zero-order chi connectivity index (χ0) is 29.7. The summed E-state index contributed by atoms with van der Waals surface area (Å²) < 4.78 is 31.7. The van der Waals surface area contributed by atoms with Crippen molar-refractivity contribution in [2.75, 3.05) is 0 Å². The fourth-order valence-corrected chi connectivity index (χ4v) is 4.07. The summed E-state index contributed by atoms with van der Waals surface area (Å²) in [6.07, 6.45) is 1.81. The van der Waals surface area contributed by atoms with Gasteiger partial charge in [0.1, 0.15) is 5.69 Å². The number of hydrogen-bond acceptors (Lipinski definition) is 7. The highest BCUT2D eigenvalue weighted by atomic mass is 19.4. The molecule has 0 aliphatic rings. The number of carbonyl (C=O) groups is 1. The summed E-state index contributed by atoms with van der Waals surface area (Å²) in [5, 5.41) is 15.4. The average molecular weight is 572 g/mol. The third-order valence-electron chi connectivity index (χ3n) is 6.08. The summed E-state index contributed by atoms with van der Waals surface area (Å²) in [7, 11) is 0. The molecule has 0 aliphatic carbocycles. The number of nitrogens with two attached hydrogens (primary N) is 1. The number of pyridine rings is 2. The van der Waals surface area contributed by atoms with Crippen LogP contribution in [0, 0.1) is 0 Å². The van der Waals surface area contributed by atoms with Crippen molar-refractivity contribution in [3.05, 3.63) is 97.1 Å². The topological polar surface area (TPSA) is 158 Å². The number of alkyl halides is 3. The number of carboxylic acids is 1. The summed E-state index contributed by atoms with van der Waals surface area (Å²) in [5.74, 6) is -1.71. The van der Waals surface area contributed by atoms with Crippen LogP contribution in [-0.2, 0) is 11.3 Å². The van der Waals surface area contributed by atoms with E-state index in [1.165, 1.54) is 0 Å². The molecule has 0 aliphatic heterocycles. The first kappa shape index (κ1) is 28.0. The number of aromatic nitrogens is 7. The van der Waals surface area contributed by atoms with Crippen molar-refractivity contribution in [3.8, 4) is 45.4 Å². The molecule has 13 heteroatoms. The predicted octanol–water partition coefficient (Wildman–Crippen LogP) is 4.72. The highest BCUT2D eigenvalue weighted by Crippen LogP contribution is 2.35. The smallest absolute Gasteiger partial charge is 0.475 e. The molecule has 10 nitrogen and oxygen atoms in total. The molecular formula is C29H22F3N8O2+. The van der Waals surface area contributed by atoms with Gasteiger partial charge in [-0.2, -0.15) is 18.3 Å². The van der Waals surface area contributed by atoms with E-state index in [9.17, 15) is 13.2 Å². The molecule has 4 aromatic heterocycles. The number of H-pyrrole nitrogens is 2. The summed E-state index contributed by atoms with van der Waals surface area (Å²) in [4.78, 5) is 30.6. The van der Waals surface area contributed by atoms with Gasteiger partial charge in [-0.25, -0.2) is 24.7 Å². The Morgan fingerprint density at radius 3 is 2.31 bits per heavy atom. The summed E-state index contributed by atoms with van der Waals surface area (Å²) >= 11 is 0. The van der Waals surface area contributed by atoms with Crippen LogP contribution in [0.2, 0.25) is 0 Å². The van der Waals surface area contributed by atoms with E-state index in [0.29, 0.717) is 29.6 Å². The van der Waals surface area contributed by atoms with Crippen LogP contribution in [-0.4, -0.2) is 47.4 Å². The van der Waals surface area contributed by atoms with Crippen LogP contribution in [0.1, 0.15) is 5.56 Å². The number of benzene rings is 2. The maximum Gasteiger partial charge on any atom is 0.490 e. The number of halogens is 3. The lowest BCUT2D eigenvalue weighted by Gasteiger charge is -2.13. The second-order valence-electron chi connectivity index (χ2n) is 8.83. The molecule has 0 saturated carbocycles. The van der Waals surface area contributed by atoms with Gasteiger partial charge in [-0.05, 0) is 23.3 Å². The lowest BCUT2D eigenvalue weighted by atomic mass is 9.96. The van der Waals surface area contributed by atoms with E-state index in [2.05, 4.69) is 60.5 Å². The van der Waals surface area contributed by atoms with Gasteiger partial charge in [0.25, 0.3) is 0 Å². The van der Waals surface area contributed by atoms with Crippen LogP contribution in [0.4, 0.5) is 13.2 Å². The average Bonchev–Trinajstić information content (AvgIpc) is 3.51. The van der Waals surface area contributed by atoms with Crippen LogP contribution >= 0.6 is 0 Å². The van der Waals surface area contributed by atoms with Crippen LogP contribution in [0.15, 0.2) is 91.5 Å². The van der Waals surface area contributed by atoms with Gasteiger partial charge in [0, 0.05) is 29.3 Å². The standard InChI is InChI=1S/C27H20N8.C2HF3O2/c28-15-17-6-8-19(9-7-17)24-20(18-4-2-1-3-5-18)14-21-22(32-24)10-11-31-25(21)27-33-26(34-35-27)23-16-29-12-13-30-23;3-2(4,5)1(6)7/h1-14,16H,15,28H2,(H,33,34,35);(H,6,7)/p+1. The third-order valence-corrected chi connectivity index (χ3v) is 6.08. The Labute approximate surface area is 236 Å². The lowest BCUT2D eigenvalue weighted by Crippen LogP contribution is -2.21. The molecule has 6 rings (SSSR count). The Balaban J connectivity index is 0.000000451. The summed E-state index contributed by atoms with van der Waals surface area (Å²) in [5.41, 5.74) is 13.0. The Morgan fingerprint density at radius 2 is 1.67 bits per heavy atom. The van der Waals surface area contributed by atoms with E-state index in [1.807, 2.05) is 36.4 Å². The van der Waals surface area contributed by atoms with E-state index < -0.39 is 12.1 Å². The van der Waals surface area contributed by atoms with E-state index in [1.54, 1.807) is 24.8 Å². The van der Waals surface area contributed by atoms with E-state index in [-0.39, 0.29) is 0 Å². The van der Waals surface area contributed by atoms with Crippen molar-refractivity contribution in [3.63, 3.8) is 0 Å². The highest BCUT2D eigenvalue weighted by molar-refractivity contribution is 5.97. The lowest BCUT2D eigenvalue weighted by molar-refractivity contribution is -0.378. The van der Waals surface area contributed by atoms with Crippen LogP contribution in [0.25, 0.3) is 56.3 Å². The molecule has 0 saturated heterocycles. The largest absolute Gasteiger partial charge is 0.490 e. The summed E-state index contributed by atoms with van der Waals surface area (Å²) in [6.45, 7) is 0.502. The number of hydrogen-bond donors (Lipinski definition) is 3. The maximum atomic E-state index is 10.6. The third kappa shape index (κ3) is 6.10. The van der Waals surface area contributed by atoms with Crippen LogP contribution in [0.5, 0.6) is 0 Å². The molecule has 210 valence electrons. The van der Waals surface area contributed by atoms with Crippen molar-refractivity contribution < 1.29 is 28.1 Å². The zero-order valence-electron chi connectivity index (χ0n) is 21.7. The SMILES string of the molecule is NCc1ccc(-c2nc3ccnc(-c4nc(-c5c[nH+]ccn5)n[nH]4)c3cc2-c2ccccc2)cc1.O=C(O)C(F)(F)F. The minimum Gasteiger partial charge on any atom is -0.475 e. The maximum absolute atomic E-state index is 10.6. The Bertz CT molecular complexity index is 1830. The number of nitrogens with one attached hydrogen (secondary N) is 2. The second-order valence-corrected chi connectivity index (χ2v) is 8.83. The number of aliphatic carboxylic acids is 1. The van der Waals surface area contributed by atoms with Gasteiger partial charge in [-0.1, -0.05) is 54.6 Å². The van der Waals surface area contributed by atoms with E-state index >= 15 is 0 Å². The van der Waals surface area contributed by atoms with Gasteiger partial charge in [0.05, 0.1) is 17.4 Å². The molecule has 4 heterocycles. The number of rotatable bonds is 5. The minimum absolute atomic E-state index is 0.489. The Morgan fingerprint density at radius 1 is 0.929 bits per heavy atom. The van der Waals surface area contributed by atoms with Gasteiger partial charge in [0.2, 0.25) is 5.82 Å². The second kappa shape index (κ2) is 11.9. The van der Waals surface area contributed by atoms with Crippen molar-refractivity contribution in [2.45, 2.75) is 12.7 Å². The molecule has 42 heavy (non-hydrogen) atoms. The molecule has 0 atom stereocenters. The highest BCUT2D eigenvalue weighted by Gasteiger charge is 2.38. The zero-order valence-corrected chi connectivity index (χ0v) is 21.7. The normalized spacial score (nSPS) is 11.1. The molecule has 0 spiro atoms. The predicted molar refractivity (Wildman–Crippen MR) is 147 cm³/mol. The van der Waals surface area contributed by atoms with E-state index in [0.717, 1.165) is 38.9 Å².